The first-order valence-electron chi connectivity index (χ1n) is 7.31. The summed E-state index contributed by atoms with van der Waals surface area (Å²) >= 11 is 3.57. The van der Waals surface area contributed by atoms with Gasteiger partial charge in [-0.3, -0.25) is 0 Å². The van der Waals surface area contributed by atoms with E-state index in [1.807, 2.05) is 0 Å². The van der Waals surface area contributed by atoms with Crippen LogP contribution in [0.3, 0.4) is 0 Å². The molecular weight excluding hydrogens is 316 g/mol. The molecule has 0 saturated carbocycles. The minimum atomic E-state index is 0.627. The highest BCUT2D eigenvalue weighted by Gasteiger charge is 2.13. The standard InChI is InChI=1S/C16H27BrN2O/c1-5-18-11-14-10-15(17)6-7-16(14)19(8-9-20-4)12-13(2)3/h6-7,10,13,18H,5,8-9,11-12H2,1-4H3. The normalized spacial score (nSPS) is 11.1. The topological polar surface area (TPSA) is 24.5 Å². The lowest BCUT2D eigenvalue weighted by atomic mass is 10.1. The molecular formula is C16H27BrN2O. The molecule has 1 aromatic rings. The number of hydrogen-bond acceptors (Lipinski definition) is 3. The Morgan fingerprint density at radius 2 is 2.10 bits per heavy atom. The van der Waals surface area contributed by atoms with Gasteiger partial charge in [-0.1, -0.05) is 36.7 Å². The van der Waals surface area contributed by atoms with Crippen molar-refractivity contribution in [3.05, 3.63) is 28.2 Å². The molecule has 3 nitrogen and oxygen atoms in total. The summed E-state index contributed by atoms with van der Waals surface area (Å²) in [5, 5.41) is 3.42. The Bertz CT molecular complexity index is 396. The SMILES string of the molecule is CCNCc1cc(Br)ccc1N(CCOC)CC(C)C. The van der Waals surface area contributed by atoms with Crippen molar-refractivity contribution in [1.29, 1.82) is 0 Å². The third-order valence-corrected chi connectivity index (χ3v) is 3.59. The van der Waals surface area contributed by atoms with E-state index >= 15 is 0 Å². The van der Waals surface area contributed by atoms with Crippen molar-refractivity contribution >= 4 is 21.6 Å². The zero-order valence-electron chi connectivity index (χ0n) is 13.1. The average molecular weight is 343 g/mol. The minimum absolute atomic E-state index is 0.627. The third-order valence-electron chi connectivity index (χ3n) is 3.10. The molecule has 0 atom stereocenters. The van der Waals surface area contributed by atoms with Crippen LogP contribution in [0.2, 0.25) is 0 Å². The maximum atomic E-state index is 5.25. The first kappa shape index (κ1) is 17.5. The fourth-order valence-corrected chi connectivity index (χ4v) is 2.62. The van der Waals surface area contributed by atoms with Crippen LogP contribution in [0.4, 0.5) is 5.69 Å². The van der Waals surface area contributed by atoms with Crippen LogP contribution in [0.15, 0.2) is 22.7 Å². The molecule has 0 aliphatic heterocycles. The molecule has 0 amide bonds. The summed E-state index contributed by atoms with van der Waals surface area (Å²) in [4.78, 5) is 2.42. The molecule has 0 aliphatic carbocycles. The second-order valence-electron chi connectivity index (χ2n) is 5.39. The van der Waals surface area contributed by atoms with Crippen molar-refractivity contribution in [3.8, 4) is 0 Å². The zero-order valence-corrected chi connectivity index (χ0v) is 14.7. The van der Waals surface area contributed by atoms with E-state index in [-0.39, 0.29) is 0 Å². The molecule has 1 N–H and O–H groups in total. The highest BCUT2D eigenvalue weighted by atomic mass is 79.9. The predicted molar refractivity (Wildman–Crippen MR) is 90.4 cm³/mol. The fourth-order valence-electron chi connectivity index (χ4n) is 2.22. The maximum Gasteiger partial charge on any atom is 0.0637 e. The van der Waals surface area contributed by atoms with E-state index < -0.39 is 0 Å². The van der Waals surface area contributed by atoms with Gasteiger partial charge in [0.25, 0.3) is 0 Å². The van der Waals surface area contributed by atoms with E-state index in [1.54, 1.807) is 7.11 Å². The first-order valence-corrected chi connectivity index (χ1v) is 8.10. The van der Waals surface area contributed by atoms with Crippen molar-refractivity contribution in [3.63, 3.8) is 0 Å². The van der Waals surface area contributed by atoms with Crippen LogP contribution in [0.25, 0.3) is 0 Å². The van der Waals surface area contributed by atoms with E-state index in [2.05, 4.69) is 65.1 Å². The van der Waals surface area contributed by atoms with Crippen LogP contribution >= 0.6 is 15.9 Å². The third kappa shape index (κ3) is 5.81. The molecule has 0 spiro atoms. The van der Waals surface area contributed by atoms with E-state index in [9.17, 15) is 0 Å². The molecule has 0 heterocycles. The van der Waals surface area contributed by atoms with E-state index in [0.717, 1.165) is 37.3 Å². The molecule has 0 saturated heterocycles. The lowest BCUT2D eigenvalue weighted by molar-refractivity contribution is 0.204. The Morgan fingerprint density at radius 1 is 1.35 bits per heavy atom. The molecule has 1 aromatic carbocycles. The molecule has 20 heavy (non-hydrogen) atoms. The van der Waals surface area contributed by atoms with Gasteiger partial charge in [0.1, 0.15) is 0 Å². The number of nitrogens with one attached hydrogen (secondary N) is 1. The van der Waals surface area contributed by atoms with Gasteiger partial charge in [0.15, 0.2) is 0 Å². The molecule has 0 aromatic heterocycles. The van der Waals surface area contributed by atoms with Gasteiger partial charge in [0, 0.05) is 36.9 Å². The summed E-state index contributed by atoms with van der Waals surface area (Å²) in [7, 11) is 1.76. The number of rotatable bonds is 9. The van der Waals surface area contributed by atoms with Gasteiger partial charge in [0.05, 0.1) is 6.61 Å². The number of anilines is 1. The number of benzene rings is 1. The van der Waals surface area contributed by atoms with Gasteiger partial charge in [0.2, 0.25) is 0 Å². The average Bonchev–Trinajstić information content (AvgIpc) is 2.41. The van der Waals surface area contributed by atoms with Crippen LogP contribution < -0.4 is 10.2 Å². The van der Waals surface area contributed by atoms with Gasteiger partial charge in [-0.15, -0.1) is 0 Å². The number of hydrogen-bond donors (Lipinski definition) is 1. The van der Waals surface area contributed by atoms with Crippen molar-refractivity contribution < 1.29 is 4.74 Å². The van der Waals surface area contributed by atoms with Crippen LogP contribution in [0.5, 0.6) is 0 Å². The summed E-state index contributed by atoms with van der Waals surface area (Å²) < 4.78 is 6.38. The molecule has 0 bridgehead atoms. The number of ether oxygens (including phenoxy) is 1. The van der Waals surface area contributed by atoms with Gasteiger partial charge >= 0.3 is 0 Å². The molecule has 0 radical (unpaired) electrons. The lowest BCUT2D eigenvalue weighted by Gasteiger charge is -2.29. The Balaban J connectivity index is 2.96. The summed E-state index contributed by atoms with van der Waals surface area (Å²) in [5.74, 6) is 0.627. The Morgan fingerprint density at radius 3 is 2.70 bits per heavy atom. The summed E-state index contributed by atoms with van der Waals surface area (Å²) in [6, 6.07) is 6.53. The predicted octanol–water partition coefficient (Wildman–Crippen LogP) is 3.67. The van der Waals surface area contributed by atoms with Crippen LogP contribution in [-0.4, -0.2) is 33.4 Å². The van der Waals surface area contributed by atoms with Crippen LogP contribution in [-0.2, 0) is 11.3 Å². The lowest BCUT2D eigenvalue weighted by Crippen LogP contribution is -2.32. The highest BCUT2D eigenvalue weighted by molar-refractivity contribution is 9.10. The second-order valence-corrected chi connectivity index (χ2v) is 6.30. The quantitative estimate of drug-likeness (QED) is 0.740. The second kappa shape index (κ2) is 9.37. The van der Waals surface area contributed by atoms with E-state index in [1.165, 1.54) is 11.3 Å². The van der Waals surface area contributed by atoms with Gasteiger partial charge in [-0.2, -0.15) is 0 Å². The largest absolute Gasteiger partial charge is 0.383 e. The number of nitrogens with zero attached hydrogens (tertiary/aromatic N) is 1. The van der Waals surface area contributed by atoms with Crippen molar-refractivity contribution in [1.82, 2.24) is 5.32 Å². The van der Waals surface area contributed by atoms with Crippen molar-refractivity contribution in [2.24, 2.45) is 5.92 Å². The number of methoxy groups -OCH3 is 1. The van der Waals surface area contributed by atoms with Crippen LogP contribution in [0, 0.1) is 5.92 Å². The Hall–Kier alpha value is -0.580. The molecule has 0 unspecified atom stereocenters. The molecule has 0 aliphatic rings. The summed E-state index contributed by atoms with van der Waals surface area (Å²) in [6.07, 6.45) is 0. The van der Waals surface area contributed by atoms with Crippen molar-refractivity contribution in [2.45, 2.75) is 27.3 Å². The molecule has 4 heteroatoms. The Kier molecular flexibility index (Phi) is 8.19. The molecule has 1 rings (SSSR count). The van der Waals surface area contributed by atoms with E-state index in [0.29, 0.717) is 5.92 Å². The highest BCUT2D eigenvalue weighted by Crippen LogP contribution is 2.25. The summed E-state index contributed by atoms with van der Waals surface area (Å²) in [6.45, 7) is 11.2. The first-order chi connectivity index (χ1) is 9.58. The van der Waals surface area contributed by atoms with Gasteiger partial charge in [-0.05, 0) is 36.2 Å². The monoisotopic (exact) mass is 342 g/mol. The summed E-state index contributed by atoms with van der Waals surface area (Å²) in [5.41, 5.74) is 2.64. The van der Waals surface area contributed by atoms with E-state index in [4.69, 9.17) is 4.74 Å². The zero-order chi connectivity index (χ0) is 15.0. The Labute approximate surface area is 131 Å². The fraction of sp³-hybridized carbons (Fsp3) is 0.625. The van der Waals surface area contributed by atoms with Gasteiger partial charge in [-0.25, -0.2) is 0 Å². The minimum Gasteiger partial charge on any atom is -0.383 e. The number of halogens is 1. The smallest absolute Gasteiger partial charge is 0.0637 e. The maximum absolute atomic E-state index is 5.25. The van der Waals surface area contributed by atoms with Gasteiger partial charge < -0.3 is 15.0 Å². The molecule has 0 fully saturated rings. The molecule has 114 valence electrons. The van der Waals surface area contributed by atoms with Crippen molar-refractivity contribution in [2.75, 3.05) is 38.3 Å². The van der Waals surface area contributed by atoms with Crippen LogP contribution in [0.1, 0.15) is 26.3 Å².